The number of thiazole rings is 1. The minimum atomic E-state index is -4.40. The normalized spacial score (nSPS) is 14.5. The Labute approximate surface area is 213 Å². The zero-order chi connectivity index (χ0) is 24.6. The highest BCUT2D eigenvalue weighted by Crippen LogP contribution is 2.34. The van der Waals surface area contributed by atoms with E-state index in [0.717, 1.165) is 48.9 Å². The van der Waals surface area contributed by atoms with E-state index >= 15 is 0 Å². The number of hydrogen-bond donors (Lipinski definition) is 2. The van der Waals surface area contributed by atoms with E-state index < -0.39 is 11.7 Å². The number of benzene rings is 2. The smallest absolute Gasteiger partial charge is 0.338 e. The molecular weight excluding hydrogens is 520 g/mol. The Bertz CT molecular complexity index is 1330. The molecule has 0 radical (unpaired) electrons. The Morgan fingerprint density at radius 1 is 0.971 bits per heavy atom. The molecule has 182 valence electrons. The number of alkyl halides is 3. The summed E-state index contributed by atoms with van der Waals surface area (Å²) >= 11 is 14.1. The molecule has 0 amide bonds. The molecule has 1 saturated heterocycles. The summed E-state index contributed by atoms with van der Waals surface area (Å²) in [5, 5.41) is 8.28. The van der Waals surface area contributed by atoms with E-state index in [0.29, 0.717) is 44.3 Å². The van der Waals surface area contributed by atoms with Gasteiger partial charge in [0.05, 0.1) is 5.56 Å². The first-order valence-corrected chi connectivity index (χ1v) is 12.4. The van der Waals surface area contributed by atoms with Gasteiger partial charge in [0.1, 0.15) is 10.5 Å². The topological polar surface area (TPSA) is 66.0 Å². The summed E-state index contributed by atoms with van der Waals surface area (Å²) in [4.78, 5) is 16.9. The van der Waals surface area contributed by atoms with E-state index in [-0.39, 0.29) is 0 Å². The van der Waals surface area contributed by atoms with Crippen molar-refractivity contribution in [2.45, 2.75) is 12.6 Å². The average molecular weight is 539 g/mol. The van der Waals surface area contributed by atoms with Gasteiger partial charge in [-0.3, -0.25) is 0 Å². The third-order valence-corrected chi connectivity index (χ3v) is 7.21. The highest BCUT2D eigenvalue weighted by Gasteiger charge is 2.30. The maximum absolute atomic E-state index is 13.0. The quantitative estimate of drug-likeness (QED) is 0.317. The number of aromatic nitrogens is 3. The largest absolute Gasteiger partial charge is 0.416 e. The Morgan fingerprint density at radius 2 is 1.66 bits per heavy atom. The molecule has 1 aliphatic rings. The van der Waals surface area contributed by atoms with Crippen LogP contribution in [0.3, 0.4) is 0 Å². The summed E-state index contributed by atoms with van der Waals surface area (Å²) in [7, 11) is 0. The molecule has 1 fully saturated rings. The van der Waals surface area contributed by atoms with Crippen molar-refractivity contribution >= 4 is 62.3 Å². The van der Waals surface area contributed by atoms with Crippen LogP contribution in [0.4, 0.5) is 30.6 Å². The van der Waals surface area contributed by atoms with Gasteiger partial charge in [-0.2, -0.15) is 23.1 Å². The summed E-state index contributed by atoms with van der Waals surface area (Å²) in [6.07, 6.45) is -3.98. The number of fused-ring (bicyclic) bond motifs is 1. The van der Waals surface area contributed by atoms with E-state index in [9.17, 15) is 13.2 Å². The van der Waals surface area contributed by atoms with Gasteiger partial charge in [0, 0.05) is 48.3 Å². The van der Waals surface area contributed by atoms with Crippen molar-refractivity contribution in [2.75, 3.05) is 36.4 Å². The lowest BCUT2D eigenvalue weighted by atomic mass is 10.1. The van der Waals surface area contributed by atoms with Crippen LogP contribution < -0.4 is 15.5 Å². The van der Waals surface area contributed by atoms with Crippen LogP contribution >= 0.6 is 34.5 Å². The molecule has 35 heavy (non-hydrogen) atoms. The Kier molecular flexibility index (Phi) is 6.71. The second-order valence-corrected chi connectivity index (χ2v) is 9.82. The fourth-order valence-corrected chi connectivity index (χ4v) is 5.23. The van der Waals surface area contributed by atoms with Crippen molar-refractivity contribution < 1.29 is 13.2 Å². The lowest BCUT2D eigenvalue weighted by Crippen LogP contribution is -2.44. The standard InChI is InChI=1S/C23H19Cl2F3N6S/c24-16-2-1-3-17(25)15(16)12-18-31-19-20(30-14-6-4-13(5-7-14)23(26,27)28)32-22(33-21(19)35-18)34-10-8-29-9-11-34/h1-7,29H,8-12H2,(H,30,32,33). The second-order valence-electron chi connectivity index (χ2n) is 7.95. The van der Waals surface area contributed by atoms with Crippen molar-refractivity contribution in [3.05, 3.63) is 68.6 Å². The van der Waals surface area contributed by atoms with Crippen LogP contribution in [0, 0.1) is 0 Å². The van der Waals surface area contributed by atoms with Gasteiger partial charge in [-0.1, -0.05) is 40.6 Å². The maximum Gasteiger partial charge on any atom is 0.416 e. The molecule has 3 heterocycles. The molecular formula is C23H19Cl2F3N6S. The van der Waals surface area contributed by atoms with Crippen LogP contribution in [0.25, 0.3) is 10.3 Å². The average Bonchev–Trinajstić information content (AvgIpc) is 3.25. The van der Waals surface area contributed by atoms with Gasteiger partial charge >= 0.3 is 6.18 Å². The van der Waals surface area contributed by atoms with Crippen molar-refractivity contribution in [3.63, 3.8) is 0 Å². The molecule has 4 aromatic rings. The fraction of sp³-hybridized carbons (Fsp3) is 0.261. The third-order valence-electron chi connectivity index (χ3n) is 5.56. The van der Waals surface area contributed by atoms with Crippen molar-refractivity contribution in [1.82, 2.24) is 20.3 Å². The minimum Gasteiger partial charge on any atom is -0.338 e. The summed E-state index contributed by atoms with van der Waals surface area (Å²) in [6, 6.07) is 10.1. The van der Waals surface area contributed by atoms with Gasteiger partial charge in [-0.15, -0.1) is 0 Å². The SMILES string of the molecule is FC(F)(F)c1ccc(Nc2nc(N3CCNCC3)nc3sc(Cc4c(Cl)cccc4Cl)nc23)cc1. The van der Waals surface area contributed by atoms with Gasteiger partial charge in [0.25, 0.3) is 0 Å². The highest BCUT2D eigenvalue weighted by atomic mass is 35.5. The predicted octanol–water partition coefficient (Wildman–Crippen LogP) is 6.16. The van der Waals surface area contributed by atoms with Gasteiger partial charge in [0.15, 0.2) is 10.6 Å². The Morgan fingerprint density at radius 3 is 2.31 bits per heavy atom. The van der Waals surface area contributed by atoms with Gasteiger partial charge in [-0.05, 0) is 42.0 Å². The molecule has 0 bridgehead atoms. The molecule has 0 aliphatic carbocycles. The fourth-order valence-electron chi connectivity index (χ4n) is 3.75. The van der Waals surface area contributed by atoms with E-state index in [1.54, 1.807) is 18.2 Å². The summed E-state index contributed by atoms with van der Waals surface area (Å²) < 4.78 is 38.9. The number of hydrogen-bond acceptors (Lipinski definition) is 7. The number of nitrogens with zero attached hydrogens (tertiary/aromatic N) is 4. The predicted molar refractivity (Wildman–Crippen MR) is 134 cm³/mol. The second kappa shape index (κ2) is 9.77. The minimum absolute atomic E-state index is 0.419. The van der Waals surface area contributed by atoms with E-state index in [2.05, 4.69) is 15.5 Å². The number of anilines is 3. The van der Waals surface area contributed by atoms with Gasteiger partial charge in [0.2, 0.25) is 5.95 Å². The number of piperazine rings is 1. The Balaban J connectivity index is 1.53. The molecule has 1 aliphatic heterocycles. The van der Waals surface area contributed by atoms with Crippen LogP contribution in [0.15, 0.2) is 42.5 Å². The molecule has 12 heteroatoms. The monoisotopic (exact) mass is 538 g/mol. The van der Waals surface area contributed by atoms with Crippen molar-refractivity contribution in [2.24, 2.45) is 0 Å². The van der Waals surface area contributed by atoms with Crippen LogP contribution in [0.1, 0.15) is 16.1 Å². The molecule has 2 aromatic heterocycles. The first-order valence-electron chi connectivity index (χ1n) is 10.8. The zero-order valence-electron chi connectivity index (χ0n) is 18.2. The molecule has 0 spiro atoms. The molecule has 5 rings (SSSR count). The highest BCUT2D eigenvalue weighted by molar-refractivity contribution is 7.18. The molecule has 0 saturated carbocycles. The van der Waals surface area contributed by atoms with Crippen molar-refractivity contribution in [3.8, 4) is 0 Å². The summed E-state index contributed by atoms with van der Waals surface area (Å²) in [5.74, 6) is 0.968. The van der Waals surface area contributed by atoms with E-state index in [1.807, 2.05) is 0 Å². The van der Waals surface area contributed by atoms with Crippen LogP contribution in [0.5, 0.6) is 0 Å². The van der Waals surface area contributed by atoms with Crippen LogP contribution in [0.2, 0.25) is 10.0 Å². The zero-order valence-corrected chi connectivity index (χ0v) is 20.5. The third kappa shape index (κ3) is 5.30. The number of nitrogens with one attached hydrogen (secondary N) is 2. The maximum atomic E-state index is 13.0. The molecule has 2 aromatic carbocycles. The molecule has 0 unspecified atom stereocenters. The van der Waals surface area contributed by atoms with Crippen LogP contribution in [-0.2, 0) is 12.6 Å². The summed E-state index contributed by atoms with van der Waals surface area (Å²) in [5.41, 5.74) is 1.05. The molecule has 0 atom stereocenters. The molecule has 6 nitrogen and oxygen atoms in total. The number of rotatable bonds is 5. The first kappa shape index (κ1) is 24.1. The first-order chi connectivity index (χ1) is 16.8. The van der Waals surface area contributed by atoms with Crippen molar-refractivity contribution in [1.29, 1.82) is 0 Å². The van der Waals surface area contributed by atoms with Gasteiger partial charge in [-0.25, -0.2) is 4.98 Å². The van der Waals surface area contributed by atoms with E-state index in [1.165, 1.54) is 23.5 Å². The van der Waals surface area contributed by atoms with Crippen LogP contribution in [-0.4, -0.2) is 41.1 Å². The van der Waals surface area contributed by atoms with Gasteiger partial charge < -0.3 is 15.5 Å². The Hall–Kier alpha value is -2.66. The lowest BCUT2D eigenvalue weighted by Gasteiger charge is -2.27. The lowest BCUT2D eigenvalue weighted by molar-refractivity contribution is -0.137. The number of halogens is 5. The van der Waals surface area contributed by atoms with E-state index in [4.69, 9.17) is 38.2 Å². The molecule has 2 N–H and O–H groups in total. The summed E-state index contributed by atoms with van der Waals surface area (Å²) in [6.45, 7) is 3.10.